The molecule has 1 fully saturated rings. The molecule has 0 aromatic heterocycles. The SMILES string of the molecule is CC(C)C(C(=O)NN)N1CCCS(=O)(=O)CC1. The Morgan fingerprint density at radius 3 is 2.47 bits per heavy atom. The Morgan fingerprint density at radius 2 is 1.94 bits per heavy atom. The second kappa shape index (κ2) is 5.79. The summed E-state index contributed by atoms with van der Waals surface area (Å²) in [6.45, 7) is 4.88. The molecule has 1 aliphatic heterocycles. The van der Waals surface area contributed by atoms with Crippen LogP contribution in [0, 0.1) is 5.92 Å². The molecule has 0 aromatic rings. The van der Waals surface area contributed by atoms with Crippen molar-refractivity contribution >= 4 is 15.7 Å². The summed E-state index contributed by atoms with van der Waals surface area (Å²) in [6.07, 6.45) is 0.573. The number of amides is 1. The fraction of sp³-hybridized carbons (Fsp3) is 0.900. The number of nitrogens with zero attached hydrogens (tertiary/aromatic N) is 1. The van der Waals surface area contributed by atoms with Gasteiger partial charge in [-0.15, -0.1) is 0 Å². The van der Waals surface area contributed by atoms with Crippen LogP contribution in [0.5, 0.6) is 0 Å². The summed E-state index contributed by atoms with van der Waals surface area (Å²) in [7, 11) is -2.95. The number of nitrogens with two attached hydrogens (primary N) is 1. The first-order valence-corrected chi connectivity index (χ1v) is 7.64. The lowest BCUT2D eigenvalue weighted by Gasteiger charge is -2.31. The van der Waals surface area contributed by atoms with Crippen LogP contribution in [-0.4, -0.2) is 49.9 Å². The molecule has 1 unspecified atom stereocenters. The van der Waals surface area contributed by atoms with E-state index in [4.69, 9.17) is 5.84 Å². The first-order chi connectivity index (χ1) is 7.87. The van der Waals surface area contributed by atoms with Crippen molar-refractivity contribution in [3.05, 3.63) is 0 Å². The molecule has 1 heterocycles. The molecule has 0 radical (unpaired) electrons. The highest BCUT2D eigenvalue weighted by Gasteiger charge is 2.31. The molecule has 3 N–H and O–H groups in total. The van der Waals surface area contributed by atoms with Gasteiger partial charge >= 0.3 is 0 Å². The van der Waals surface area contributed by atoms with Gasteiger partial charge in [0.2, 0.25) is 0 Å². The molecule has 0 saturated carbocycles. The van der Waals surface area contributed by atoms with E-state index in [9.17, 15) is 13.2 Å². The second-order valence-corrected chi connectivity index (χ2v) is 7.04. The third kappa shape index (κ3) is 3.93. The van der Waals surface area contributed by atoms with Crippen LogP contribution in [-0.2, 0) is 14.6 Å². The smallest absolute Gasteiger partial charge is 0.251 e. The Hall–Kier alpha value is -0.660. The number of sulfone groups is 1. The average molecular weight is 263 g/mol. The standard InChI is InChI=1S/C10H21N3O3S/c1-8(2)9(10(14)12-11)13-4-3-6-17(15,16)7-5-13/h8-9H,3-7,11H2,1-2H3,(H,12,14). The van der Waals surface area contributed by atoms with Crippen molar-refractivity contribution in [2.24, 2.45) is 11.8 Å². The van der Waals surface area contributed by atoms with E-state index in [0.717, 1.165) is 0 Å². The maximum atomic E-state index is 11.7. The van der Waals surface area contributed by atoms with Gasteiger partial charge in [-0.2, -0.15) is 0 Å². The van der Waals surface area contributed by atoms with Gasteiger partial charge in [0, 0.05) is 6.54 Å². The van der Waals surface area contributed by atoms with Crippen LogP contribution in [0.2, 0.25) is 0 Å². The Morgan fingerprint density at radius 1 is 1.29 bits per heavy atom. The summed E-state index contributed by atoms with van der Waals surface area (Å²) in [6, 6.07) is -0.353. The van der Waals surface area contributed by atoms with Crippen molar-refractivity contribution in [1.29, 1.82) is 0 Å². The van der Waals surface area contributed by atoms with E-state index < -0.39 is 9.84 Å². The summed E-state index contributed by atoms with van der Waals surface area (Å²) in [5.41, 5.74) is 2.15. The van der Waals surface area contributed by atoms with Gasteiger partial charge in [-0.05, 0) is 18.9 Å². The van der Waals surface area contributed by atoms with E-state index in [1.165, 1.54) is 0 Å². The number of rotatable bonds is 3. The lowest BCUT2D eigenvalue weighted by molar-refractivity contribution is -0.128. The maximum absolute atomic E-state index is 11.7. The minimum atomic E-state index is -2.95. The van der Waals surface area contributed by atoms with Crippen LogP contribution < -0.4 is 11.3 Å². The van der Waals surface area contributed by atoms with Gasteiger partial charge in [0.25, 0.3) is 5.91 Å². The topological polar surface area (TPSA) is 92.5 Å². The summed E-state index contributed by atoms with van der Waals surface area (Å²) in [5, 5.41) is 0. The van der Waals surface area contributed by atoms with Crippen molar-refractivity contribution in [3.8, 4) is 0 Å². The molecular formula is C10H21N3O3S. The lowest BCUT2D eigenvalue weighted by atomic mass is 10.0. The van der Waals surface area contributed by atoms with E-state index in [1.807, 2.05) is 18.7 Å². The van der Waals surface area contributed by atoms with E-state index >= 15 is 0 Å². The number of hydrogen-bond donors (Lipinski definition) is 2. The van der Waals surface area contributed by atoms with Crippen molar-refractivity contribution in [3.63, 3.8) is 0 Å². The molecule has 0 bridgehead atoms. The molecule has 1 aliphatic rings. The third-order valence-electron chi connectivity index (χ3n) is 3.03. The second-order valence-electron chi connectivity index (χ2n) is 4.74. The Kier molecular flexibility index (Phi) is 4.91. The molecule has 100 valence electrons. The van der Waals surface area contributed by atoms with E-state index in [2.05, 4.69) is 5.43 Å². The van der Waals surface area contributed by atoms with Crippen molar-refractivity contribution in [2.75, 3.05) is 24.6 Å². The Bertz CT molecular complexity index is 367. The first-order valence-electron chi connectivity index (χ1n) is 5.82. The van der Waals surface area contributed by atoms with Crippen molar-refractivity contribution in [1.82, 2.24) is 10.3 Å². The zero-order chi connectivity index (χ0) is 13.1. The van der Waals surface area contributed by atoms with Gasteiger partial charge < -0.3 is 0 Å². The van der Waals surface area contributed by atoms with E-state index in [-0.39, 0.29) is 29.4 Å². The molecule has 1 rings (SSSR count). The molecule has 0 spiro atoms. The largest absolute Gasteiger partial charge is 0.293 e. The fourth-order valence-electron chi connectivity index (χ4n) is 2.21. The third-order valence-corrected chi connectivity index (χ3v) is 4.74. The van der Waals surface area contributed by atoms with Gasteiger partial charge in [-0.25, -0.2) is 14.3 Å². The number of carbonyl (C=O) groups is 1. The lowest BCUT2D eigenvalue weighted by Crippen LogP contribution is -2.52. The van der Waals surface area contributed by atoms with Gasteiger partial charge in [0.1, 0.15) is 0 Å². The van der Waals surface area contributed by atoms with Gasteiger partial charge in [0.05, 0.1) is 17.5 Å². The predicted octanol–water partition coefficient (Wildman–Crippen LogP) is -0.879. The van der Waals surface area contributed by atoms with E-state index in [0.29, 0.717) is 19.5 Å². The summed E-state index contributed by atoms with van der Waals surface area (Å²) < 4.78 is 23.0. The van der Waals surface area contributed by atoms with Crippen LogP contribution in [0.4, 0.5) is 0 Å². The number of carbonyl (C=O) groups excluding carboxylic acids is 1. The summed E-state index contributed by atoms with van der Waals surface area (Å²) in [4.78, 5) is 13.6. The molecule has 7 heteroatoms. The van der Waals surface area contributed by atoms with Crippen molar-refractivity contribution in [2.45, 2.75) is 26.3 Å². The fourth-order valence-corrected chi connectivity index (χ4v) is 3.50. The predicted molar refractivity (Wildman–Crippen MR) is 65.8 cm³/mol. The molecule has 6 nitrogen and oxygen atoms in total. The highest BCUT2D eigenvalue weighted by atomic mass is 32.2. The Balaban J connectivity index is 2.79. The molecule has 1 atom stereocenters. The highest BCUT2D eigenvalue weighted by molar-refractivity contribution is 7.91. The Labute approximate surface area is 102 Å². The van der Waals surface area contributed by atoms with Crippen molar-refractivity contribution < 1.29 is 13.2 Å². The van der Waals surface area contributed by atoms with Crippen LogP contribution in [0.1, 0.15) is 20.3 Å². The molecule has 0 aromatic carbocycles. The summed E-state index contributed by atoms with van der Waals surface area (Å²) >= 11 is 0. The normalized spacial score (nSPS) is 23.1. The monoisotopic (exact) mass is 263 g/mol. The highest BCUT2D eigenvalue weighted by Crippen LogP contribution is 2.15. The minimum absolute atomic E-state index is 0.0966. The quantitative estimate of drug-likeness (QED) is 0.392. The van der Waals surface area contributed by atoms with Gasteiger partial charge in [-0.1, -0.05) is 13.8 Å². The van der Waals surface area contributed by atoms with Gasteiger partial charge in [-0.3, -0.25) is 15.1 Å². The summed E-state index contributed by atoms with van der Waals surface area (Å²) in [5.74, 6) is 5.34. The van der Waals surface area contributed by atoms with Gasteiger partial charge in [0.15, 0.2) is 9.84 Å². The van der Waals surface area contributed by atoms with Crippen LogP contribution in [0.15, 0.2) is 0 Å². The number of hydrogen-bond acceptors (Lipinski definition) is 5. The number of hydrazine groups is 1. The molecule has 17 heavy (non-hydrogen) atoms. The minimum Gasteiger partial charge on any atom is -0.293 e. The first kappa shape index (κ1) is 14.4. The van der Waals surface area contributed by atoms with Crippen LogP contribution in [0.25, 0.3) is 0 Å². The van der Waals surface area contributed by atoms with E-state index in [1.54, 1.807) is 0 Å². The molecule has 1 amide bonds. The van der Waals surface area contributed by atoms with Crippen LogP contribution >= 0.6 is 0 Å². The number of nitrogens with one attached hydrogen (secondary N) is 1. The maximum Gasteiger partial charge on any atom is 0.251 e. The molecule has 1 saturated heterocycles. The molecule has 0 aliphatic carbocycles. The average Bonchev–Trinajstić information content (AvgIpc) is 2.40. The van der Waals surface area contributed by atoms with Crippen LogP contribution in [0.3, 0.4) is 0 Å². The zero-order valence-corrected chi connectivity index (χ0v) is 11.2. The zero-order valence-electron chi connectivity index (χ0n) is 10.3. The molecular weight excluding hydrogens is 242 g/mol.